The number of hydrogen-bond acceptors (Lipinski definition) is 3. The van der Waals surface area contributed by atoms with Crippen LogP contribution in [0.25, 0.3) is 0 Å². The van der Waals surface area contributed by atoms with E-state index >= 15 is 0 Å². The molecule has 4 heteroatoms. The second-order valence-corrected chi connectivity index (χ2v) is 4.50. The molecule has 20 heavy (non-hydrogen) atoms. The standard InChI is InChI=1S/C16H15FN2O/c1-11-5-15(3-4-16(11)20-2)19-10-13-6-12(9-18)7-14(17)8-13/h3-8,19H,10H2,1-2H3. The van der Waals surface area contributed by atoms with Gasteiger partial charge in [-0.15, -0.1) is 0 Å². The van der Waals surface area contributed by atoms with E-state index in [1.807, 2.05) is 31.2 Å². The lowest BCUT2D eigenvalue weighted by atomic mass is 10.1. The molecule has 0 aliphatic heterocycles. The molecular weight excluding hydrogens is 255 g/mol. The maximum absolute atomic E-state index is 13.3. The van der Waals surface area contributed by atoms with Crippen LogP contribution >= 0.6 is 0 Å². The summed E-state index contributed by atoms with van der Waals surface area (Å²) in [5, 5.41) is 12.0. The van der Waals surface area contributed by atoms with Gasteiger partial charge in [-0.05, 0) is 54.4 Å². The van der Waals surface area contributed by atoms with Crippen LogP contribution in [0.2, 0.25) is 0 Å². The Morgan fingerprint density at radius 1 is 1.25 bits per heavy atom. The quantitative estimate of drug-likeness (QED) is 0.922. The fourth-order valence-electron chi connectivity index (χ4n) is 2.01. The highest BCUT2D eigenvalue weighted by molar-refractivity contribution is 5.51. The molecule has 0 unspecified atom stereocenters. The van der Waals surface area contributed by atoms with Crippen molar-refractivity contribution in [3.63, 3.8) is 0 Å². The molecule has 0 aromatic heterocycles. The lowest BCUT2D eigenvalue weighted by molar-refractivity contribution is 0.412. The summed E-state index contributed by atoms with van der Waals surface area (Å²) in [6.07, 6.45) is 0. The van der Waals surface area contributed by atoms with E-state index < -0.39 is 5.82 Å². The Kier molecular flexibility index (Phi) is 4.21. The monoisotopic (exact) mass is 270 g/mol. The molecule has 0 bridgehead atoms. The zero-order chi connectivity index (χ0) is 14.5. The molecule has 2 rings (SSSR count). The molecule has 0 radical (unpaired) electrons. The minimum Gasteiger partial charge on any atom is -0.496 e. The summed E-state index contributed by atoms with van der Waals surface area (Å²) in [4.78, 5) is 0. The first-order valence-corrected chi connectivity index (χ1v) is 6.20. The van der Waals surface area contributed by atoms with Gasteiger partial charge < -0.3 is 10.1 Å². The Balaban J connectivity index is 2.11. The van der Waals surface area contributed by atoms with Crippen molar-refractivity contribution in [1.29, 1.82) is 5.26 Å². The van der Waals surface area contributed by atoms with Gasteiger partial charge in [-0.3, -0.25) is 0 Å². The van der Waals surface area contributed by atoms with Gasteiger partial charge in [-0.1, -0.05) is 0 Å². The molecule has 0 aliphatic carbocycles. The van der Waals surface area contributed by atoms with Crippen LogP contribution in [0.3, 0.4) is 0 Å². The summed E-state index contributed by atoms with van der Waals surface area (Å²) in [5.74, 6) is 0.430. The predicted molar refractivity (Wildman–Crippen MR) is 76.2 cm³/mol. The van der Waals surface area contributed by atoms with Crippen LogP contribution in [0, 0.1) is 24.1 Å². The largest absolute Gasteiger partial charge is 0.496 e. The van der Waals surface area contributed by atoms with Gasteiger partial charge in [0, 0.05) is 12.2 Å². The van der Waals surface area contributed by atoms with E-state index in [9.17, 15) is 4.39 Å². The van der Waals surface area contributed by atoms with E-state index in [1.54, 1.807) is 13.2 Å². The highest BCUT2D eigenvalue weighted by Crippen LogP contribution is 2.22. The Hall–Kier alpha value is -2.54. The zero-order valence-electron chi connectivity index (χ0n) is 11.4. The number of anilines is 1. The van der Waals surface area contributed by atoms with Crippen molar-refractivity contribution < 1.29 is 9.13 Å². The molecule has 1 N–H and O–H groups in total. The molecule has 0 fully saturated rings. The molecular formula is C16H15FN2O. The molecule has 0 saturated carbocycles. The molecule has 3 nitrogen and oxygen atoms in total. The van der Waals surface area contributed by atoms with Crippen LogP contribution in [0.5, 0.6) is 5.75 Å². The van der Waals surface area contributed by atoms with Crippen molar-refractivity contribution in [3.05, 3.63) is 58.9 Å². The average Bonchev–Trinajstić information content (AvgIpc) is 2.44. The van der Waals surface area contributed by atoms with Gasteiger partial charge in [0.2, 0.25) is 0 Å². The molecule has 0 amide bonds. The minimum atomic E-state index is -0.397. The fraction of sp³-hybridized carbons (Fsp3) is 0.188. The van der Waals surface area contributed by atoms with Crippen LogP contribution in [0.1, 0.15) is 16.7 Å². The Labute approximate surface area is 117 Å². The summed E-state index contributed by atoms with van der Waals surface area (Å²) in [6.45, 7) is 2.41. The number of nitrogens with zero attached hydrogens (tertiary/aromatic N) is 1. The van der Waals surface area contributed by atoms with Crippen LogP contribution in [-0.2, 0) is 6.54 Å². The fourth-order valence-corrected chi connectivity index (χ4v) is 2.01. The summed E-state index contributed by atoms with van der Waals surface area (Å²) < 4.78 is 18.5. The molecule has 0 heterocycles. The van der Waals surface area contributed by atoms with Crippen LogP contribution < -0.4 is 10.1 Å². The van der Waals surface area contributed by atoms with Gasteiger partial charge in [-0.25, -0.2) is 4.39 Å². The van der Waals surface area contributed by atoms with Gasteiger partial charge in [0.1, 0.15) is 11.6 Å². The second kappa shape index (κ2) is 6.07. The summed E-state index contributed by atoms with van der Waals surface area (Å²) >= 11 is 0. The third kappa shape index (κ3) is 3.27. The van der Waals surface area contributed by atoms with Crippen molar-refractivity contribution in [2.75, 3.05) is 12.4 Å². The van der Waals surface area contributed by atoms with Crippen LogP contribution in [-0.4, -0.2) is 7.11 Å². The molecule has 0 atom stereocenters. The highest BCUT2D eigenvalue weighted by atomic mass is 19.1. The van der Waals surface area contributed by atoms with E-state index in [4.69, 9.17) is 10.00 Å². The summed E-state index contributed by atoms with van der Waals surface area (Å²) in [5.41, 5.74) is 3.00. The summed E-state index contributed by atoms with van der Waals surface area (Å²) in [6, 6.07) is 12.0. The van der Waals surface area contributed by atoms with Crippen molar-refractivity contribution in [2.45, 2.75) is 13.5 Å². The smallest absolute Gasteiger partial charge is 0.124 e. The molecule has 0 aliphatic rings. The number of hydrogen-bond donors (Lipinski definition) is 1. The van der Waals surface area contributed by atoms with Gasteiger partial charge in [0.05, 0.1) is 18.7 Å². The number of methoxy groups -OCH3 is 1. The van der Waals surface area contributed by atoms with Gasteiger partial charge >= 0.3 is 0 Å². The number of halogens is 1. The SMILES string of the molecule is COc1ccc(NCc2cc(F)cc(C#N)c2)cc1C. The topological polar surface area (TPSA) is 45.0 Å². The third-order valence-electron chi connectivity index (χ3n) is 2.98. The number of nitriles is 1. The normalized spacial score (nSPS) is 9.90. The van der Waals surface area contributed by atoms with Crippen molar-refractivity contribution in [2.24, 2.45) is 0 Å². The lowest BCUT2D eigenvalue weighted by Crippen LogP contribution is -2.01. The Morgan fingerprint density at radius 2 is 2.05 bits per heavy atom. The van der Waals surface area contributed by atoms with E-state index in [0.29, 0.717) is 12.1 Å². The highest BCUT2D eigenvalue weighted by Gasteiger charge is 2.02. The summed E-state index contributed by atoms with van der Waals surface area (Å²) in [7, 11) is 1.63. The Bertz CT molecular complexity index is 662. The number of ether oxygens (including phenoxy) is 1. The maximum atomic E-state index is 13.3. The van der Waals surface area contributed by atoms with E-state index in [0.717, 1.165) is 22.6 Å². The van der Waals surface area contributed by atoms with Crippen LogP contribution in [0.15, 0.2) is 36.4 Å². The number of rotatable bonds is 4. The van der Waals surface area contributed by atoms with Gasteiger partial charge in [0.25, 0.3) is 0 Å². The molecule has 0 saturated heterocycles. The third-order valence-corrected chi connectivity index (χ3v) is 2.98. The average molecular weight is 270 g/mol. The Morgan fingerprint density at radius 3 is 2.70 bits per heavy atom. The molecule has 2 aromatic carbocycles. The zero-order valence-corrected chi connectivity index (χ0v) is 11.4. The second-order valence-electron chi connectivity index (χ2n) is 4.50. The maximum Gasteiger partial charge on any atom is 0.124 e. The van der Waals surface area contributed by atoms with E-state index in [2.05, 4.69) is 5.32 Å². The predicted octanol–water partition coefficient (Wildman–Crippen LogP) is 3.63. The van der Waals surface area contributed by atoms with Crippen molar-refractivity contribution in [3.8, 4) is 11.8 Å². The van der Waals surface area contributed by atoms with Crippen molar-refractivity contribution >= 4 is 5.69 Å². The van der Waals surface area contributed by atoms with E-state index in [-0.39, 0.29) is 0 Å². The number of benzene rings is 2. The van der Waals surface area contributed by atoms with Crippen LogP contribution in [0.4, 0.5) is 10.1 Å². The molecule has 0 spiro atoms. The van der Waals surface area contributed by atoms with Gasteiger partial charge in [0.15, 0.2) is 0 Å². The number of nitrogens with one attached hydrogen (secondary N) is 1. The number of aryl methyl sites for hydroxylation is 1. The van der Waals surface area contributed by atoms with Gasteiger partial charge in [-0.2, -0.15) is 5.26 Å². The van der Waals surface area contributed by atoms with E-state index in [1.165, 1.54) is 12.1 Å². The first-order chi connectivity index (χ1) is 9.62. The first-order valence-electron chi connectivity index (χ1n) is 6.20. The minimum absolute atomic E-state index is 0.327. The molecule has 2 aromatic rings. The van der Waals surface area contributed by atoms with Crippen molar-refractivity contribution in [1.82, 2.24) is 0 Å². The molecule has 102 valence electrons. The lowest BCUT2D eigenvalue weighted by Gasteiger charge is -2.10. The first kappa shape index (κ1) is 13.9.